The van der Waals surface area contributed by atoms with Crippen LogP contribution in [-0.2, 0) is 0 Å². The van der Waals surface area contributed by atoms with Gasteiger partial charge in [-0.3, -0.25) is 9.36 Å². The molecule has 0 radical (unpaired) electrons. The first-order chi connectivity index (χ1) is 20.9. The Labute approximate surface area is 246 Å². The Morgan fingerprint density at radius 3 is 2.47 bits per heavy atom. The number of piperidine rings is 1. The lowest BCUT2D eigenvalue weighted by Crippen LogP contribution is -2.29. The first-order valence-electron chi connectivity index (χ1n) is 14.4. The molecule has 0 bridgehead atoms. The molecule has 1 aliphatic heterocycles. The third-order valence-corrected chi connectivity index (χ3v) is 8.65. The van der Waals surface area contributed by atoms with Gasteiger partial charge in [0.15, 0.2) is 0 Å². The summed E-state index contributed by atoms with van der Waals surface area (Å²) < 4.78 is 31.5. The number of pyridine rings is 1. The molecule has 6 nitrogen and oxygen atoms in total. The Kier molecular flexibility index (Phi) is 6.78. The molecule has 7 rings (SSSR count). The molecule has 1 atom stereocenters. The maximum absolute atomic E-state index is 15.8. The fraction of sp³-hybridized carbons (Fsp3) is 0.200. The Morgan fingerprint density at radius 1 is 0.930 bits per heavy atom. The number of likely N-dealkylation sites (tertiary alicyclic amines) is 1. The molecule has 2 N–H and O–H groups in total. The van der Waals surface area contributed by atoms with Crippen LogP contribution >= 0.6 is 0 Å². The Morgan fingerprint density at radius 2 is 1.70 bits per heavy atom. The minimum absolute atomic E-state index is 0.0915. The van der Waals surface area contributed by atoms with E-state index in [2.05, 4.69) is 34.0 Å². The fourth-order valence-corrected chi connectivity index (χ4v) is 6.28. The van der Waals surface area contributed by atoms with Gasteiger partial charge in [0.25, 0.3) is 5.56 Å². The third-order valence-electron chi connectivity index (χ3n) is 8.65. The minimum Gasteiger partial charge on any atom is -0.508 e. The van der Waals surface area contributed by atoms with Gasteiger partial charge in [0, 0.05) is 11.8 Å². The summed E-state index contributed by atoms with van der Waals surface area (Å²) in [5.74, 6) is -0.614. The first kappa shape index (κ1) is 27.0. The van der Waals surface area contributed by atoms with Gasteiger partial charge < -0.3 is 15.0 Å². The van der Waals surface area contributed by atoms with E-state index in [9.17, 15) is 14.3 Å². The molecule has 0 saturated carbocycles. The van der Waals surface area contributed by atoms with Crippen LogP contribution in [0, 0.1) is 11.6 Å². The molecule has 6 aromatic rings. The molecule has 1 aliphatic rings. The Hall–Kier alpha value is -4.82. The van der Waals surface area contributed by atoms with Gasteiger partial charge in [-0.1, -0.05) is 36.4 Å². The zero-order valence-corrected chi connectivity index (χ0v) is 23.6. The maximum Gasteiger partial charge on any atom is 0.262 e. The van der Waals surface area contributed by atoms with Crippen molar-refractivity contribution in [1.29, 1.82) is 0 Å². The van der Waals surface area contributed by atoms with Crippen molar-refractivity contribution < 1.29 is 13.9 Å². The highest BCUT2D eigenvalue weighted by Gasteiger charge is 2.26. The van der Waals surface area contributed by atoms with Crippen molar-refractivity contribution >= 4 is 21.8 Å². The highest BCUT2D eigenvalue weighted by molar-refractivity contribution is 5.87. The number of aromatic hydroxyl groups is 1. The predicted octanol–water partition coefficient (Wildman–Crippen LogP) is 6.98. The van der Waals surface area contributed by atoms with Crippen LogP contribution in [0.3, 0.4) is 0 Å². The number of nitrogens with one attached hydrogen (secondary N) is 1. The highest BCUT2D eigenvalue weighted by atomic mass is 19.1. The molecule has 0 unspecified atom stereocenters. The molecule has 2 aromatic heterocycles. The quantitative estimate of drug-likeness (QED) is 0.232. The summed E-state index contributed by atoms with van der Waals surface area (Å²) >= 11 is 0. The SMILES string of the molecule is CN1CCC(c2ccc(-c3cc(F)c4c(=O)n([C@@H](c5nc6ccccc6[nH]5)c5cc(F)ccc5O)ccc4c3)cc2)CC1. The van der Waals surface area contributed by atoms with Crippen LogP contribution < -0.4 is 5.56 Å². The number of phenols is 1. The average Bonchev–Trinajstić information content (AvgIpc) is 3.44. The first-order valence-corrected chi connectivity index (χ1v) is 14.4. The normalized spacial score (nSPS) is 15.3. The molecule has 216 valence electrons. The van der Waals surface area contributed by atoms with Crippen LogP contribution in [0.25, 0.3) is 32.9 Å². The van der Waals surface area contributed by atoms with Gasteiger partial charge in [-0.15, -0.1) is 0 Å². The molecule has 0 amide bonds. The van der Waals surface area contributed by atoms with E-state index >= 15 is 4.39 Å². The number of hydrogen-bond acceptors (Lipinski definition) is 4. The molecular weight excluding hydrogens is 546 g/mol. The van der Waals surface area contributed by atoms with Crippen LogP contribution in [0.4, 0.5) is 8.78 Å². The van der Waals surface area contributed by atoms with E-state index in [1.165, 1.54) is 28.3 Å². The van der Waals surface area contributed by atoms with Crippen molar-refractivity contribution in [3.8, 4) is 16.9 Å². The molecule has 0 aliphatic carbocycles. The molecule has 8 heteroatoms. The molecule has 1 fully saturated rings. The fourth-order valence-electron chi connectivity index (χ4n) is 6.28. The summed E-state index contributed by atoms with van der Waals surface area (Å²) in [5.41, 5.74) is 3.70. The smallest absolute Gasteiger partial charge is 0.262 e. The summed E-state index contributed by atoms with van der Waals surface area (Å²) in [5, 5.41) is 11.1. The number of fused-ring (bicyclic) bond motifs is 2. The summed E-state index contributed by atoms with van der Waals surface area (Å²) in [4.78, 5) is 24.1. The second kappa shape index (κ2) is 10.8. The Bertz CT molecular complexity index is 1990. The van der Waals surface area contributed by atoms with Crippen LogP contribution in [0.2, 0.25) is 0 Å². The van der Waals surface area contributed by atoms with Gasteiger partial charge in [0.1, 0.15) is 29.3 Å². The van der Waals surface area contributed by atoms with Crippen molar-refractivity contribution in [1.82, 2.24) is 19.4 Å². The van der Waals surface area contributed by atoms with Gasteiger partial charge in [-0.25, -0.2) is 13.8 Å². The number of H-pyrrole nitrogens is 1. The highest BCUT2D eigenvalue weighted by Crippen LogP contribution is 2.34. The van der Waals surface area contributed by atoms with E-state index in [1.807, 2.05) is 42.5 Å². The van der Waals surface area contributed by atoms with E-state index in [1.54, 1.807) is 12.3 Å². The zero-order chi connectivity index (χ0) is 29.7. The van der Waals surface area contributed by atoms with Gasteiger partial charge in [-0.05, 0) is 110 Å². The van der Waals surface area contributed by atoms with Crippen molar-refractivity contribution in [2.24, 2.45) is 0 Å². The number of nitrogens with zero attached hydrogens (tertiary/aromatic N) is 3. The van der Waals surface area contributed by atoms with Crippen LogP contribution in [-0.4, -0.2) is 44.7 Å². The molecule has 43 heavy (non-hydrogen) atoms. The summed E-state index contributed by atoms with van der Waals surface area (Å²) in [6.45, 7) is 2.16. The molecule has 3 heterocycles. The van der Waals surface area contributed by atoms with E-state index in [0.29, 0.717) is 33.7 Å². The van der Waals surface area contributed by atoms with Gasteiger partial charge in [-0.2, -0.15) is 0 Å². The molecule has 1 saturated heterocycles. The lowest BCUT2D eigenvalue weighted by Gasteiger charge is -2.29. The van der Waals surface area contributed by atoms with Crippen LogP contribution in [0.5, 0.6) is 5.75 Å². The van der Waals surface area contributed by atoms with Gasteiger partial charge in [0.2, 0.25) is 0 Å². The van der Waals surface area contributed by atoms with Crippen molar-refractivity contribution in [2.75, 3.05) is 20.1 Å². The number of hydrogen-bond donors (Lipinski definition) is 2. The molecule has 4 aromatic carbocycles. The number of para-hydroxylation sites is 2. The average molecular weight is 577 g/mol. The number of halogens is 2. The number of benzene rings is 4. The van der Waals surface area contributed by atoms with Crippen molar-refractivity contribution in [2.45, 2.75) is 24.8 Å². The minimum atomic E-state index is -1.04. The lowest BCUT2D eigenvalue weighted by molar-refractivity contribution is 0.255. The van der Waals surface area contributed by atoms with E-state index in [4.69, 9.17) is 0 Å². The van der Waals surface area contributed by atoms with E-state index in [0.717, 1.165) is 37.6 Å². The van der Waals surface area contributed by atoms with E-state index in [-0.39, 0.29) is 16.7 Å². The van der Waals surface area contributed by atoms with Crippen molar-refractivity contribution in [3.05, 3.63) is 130 Å². The van der Waals surface area contributed by atoms with E-state index < -0.39 is 23.2 Å². The largest absolute Gasteiger partial charge is 0.508 e. The number of rotatable bonds is 5. The number of phenolic OH excluding ortho intramolecular Hbond substituents is 1. The molecule has 0 spiro atoms. The second-order valence-corrected chi connectivity index (χ2v) is 11.4. The predicted molar refractivity (Wildman–Crippen MR) is 164 cm³/mol. The lowest BCUT2D eigenvalue weighted by atomic mass is 9.88. The number of aromatic amines is 1. The van der Waals surface area contributed by atoms with Crippen LogP contribution in [0.1, 0.15) is 41.8 Å². The monoisotopic (exact) mass is 576 g/mol. The third kappa shape index (κ3) is 4.97. The number of imidazole rings is 1. The standard InChI is InChI=1S/C35H30F2N4O2/c1-40-15-12-23(13-16-40)21-6-8-22(9-7-21)25-18-24-14-17-41(35(43)32(24)28(37)19-25)33(27-20-26(36)10-11-31(27)42)34-38-29-4-2-3-5-30(29)39-34/h2-11,14,17-20,23,33,42H,12-13,15-16H2,1H3,(H,38,39)/t33-/m1/s1. The summed E-state index contributed by atoms with van der Waals surface area (Å²) in [7, 11) is 2.15. The van der Waals surface area contributed by atoms with Crippen LogP contribution in [0.15, 0.2) is 95.9 Å². The topological polar surface area (TPSA) is 74.2 Å². The summed E-state index contributed by atoms with van der Waals surface area (Å²) in [6.07, 6.45) is 3.78. The number of aromatic nitrogens is 3. The van der Waals surface area contributed by atoms with Gasteiger partial charge >= 0.3 is 0 Å². The second-order valence-electron chi connectivity index (χ2n) is 11.4. The van der Waals surface area contributed by atoms with Gasteiger partial charge in [0.05, 0.1) is 16.4 Å². The summed E-state index contributed by atoms with van der Waals surface area (Å²) in [6, 6.07) is 22.9. The van der Waals surface area contributed by atoms with Crippen molar-refractivity contribution in [3.63, 3.8) is 0 Å². The zero-order valence-electron chi connectivity index (χ0n) is 23.6. The molecular formula is C35H30F2N4O2. The Balaban J connectivity index is 1.31. The maximum atomic E-state index is 15.8.